The van der Waals surface area contributed by atoms with Crippen molar-refractivity contribution in [2.24, 2.45) is 0 Å². The first-order valence-corrected chi connectivity index (χ1v) is 11.1. The number of hydrogen-bond acceptors (Lipinski definition) is 4. The van der Waals surface area contributed by atoms with Gasteiger partial charge in [0.25, 0.3) is 5.91 Å². The molecule has 2 N–H and O–H groups in total. The van der Waals surface area contributed by atoms with Crippen molar-refractivity contribution in [2.75, 3.05) is 11.5 Å². The topological polar surface area (TPSA) is 92.3 Å². The summed E-state index contributed by atoms with van der Waals surface area (Å²) in [6.07, 6.45) is 0.410. The van der Waals surface area contributed by atoms with Crippen molar-refractivity contribution < 1.29 is 18.0 Å². The van der Waals surface area contributed by atoms with Gasteiger partial charge in [0.05, 0.1) is 34.6 Å². The van der Waals surface area contributed by atoms with Crippen molar-refractivity contribution in [1.82, 2.24) is 10.6 Å². The zero-order valence-electron chi connectivity index (χ0n) is 15.1. The largest absolute Gasteiger partial charge is 0.352 e. The van der Waals surface area contributed by atoms with Gasteiger partial charge in [-0.15, -0.1) is 0 Å². The maximum Gasteiger partial charge on any atom is 0.253 e. The van der Waals surface area contributed by atoms with Crippen molar-refractivity contribution in [3.05, 3.63) is 70.7 Å². The molecule has 3 rings (SSSR count). The van der Waals surface area contributed by atoms with Gasteiger partial charge in [0.2, 0.25) is 5.91 Å². The lowest BCUT2D eigenvalue weighted by Gasteiger charge is -2.20. The van der Waals surface area contributed by atoms with Crippen LogP contribution in [0.1, 0.15) is 34.8 Å². The normalized spacial score (nSPS) is 19.0. The molecule has 1 saturated heterocycles. The molecule has 2 aromatic carbocycles. The molecule has 0 bridgehead atoms. The lowest BCUT2D eigenvalue weighted by Crippen LogP contribution is -2.39. The van der Waals surface area contributed by atoms with Crippen LogP contribution in [0.15, 0.2) is 54.6 Å². The molecule has 2 atom stereocenters. The quantitative estimate of drug-likeness (QED) is 0.751. The fourth-order valence-corrected chi connectivity index (χ4v) is 5.09. The molecule has 1 aliphatic rings. The Morgan fingerprint density at radius 1 is 1.07 bits per heavy atom. The molecule has 0 radical (unpaired) electrons. The first-order chi connectivity index (χ1) is 13.3. The van der Waals surface area contributed by atoms with Gasteiger partial charge < -0.3 is 10.6 Å². The lowest BCUT2D eigenvalue weighted by molar-refractivity contribution is -0.122. The zero-order valence-corrected chi connectivity index (χ0v) is 16.7. The van der Waals surface area contributed by atoms with Crippen LogP contribution in [0.25, 0.3) is 0 Å². The molecule has 28 heavy (non-hydrogen) atoms. The van der Waals surface area contributed by atoms with Crippen LogP contribution in [-0.4, -0.2) is 37.8 Å². The SMILES string of the molecule is O=C(CC(NC(=O)c1ccccc1Cl)c1ccccc1)NC1CCS(=O)(=O)C1. The summed E-state index contributed by atoms with van der Waals surface area (Å²) in [7, 11) is -3.08. The molecule has 1 fully saturated rings. The Labute approximate surface area is 169 Å². The van der Waals surface area contributed by atoms with Gasteiger partial charge in [0.15, 0.2) is 9.84 Å². The number of rotatable bonds is 6. The summed E-state index contributed by atoms with van der Waals surface area (Å²) in [5.41, 5.74) is 1.10. The fourth-order valence-electron chi connectivity index (χ4n) is 3.20. The van der Waals surface area contributed by atoms with Crippen molar-refractivity contribution in [3.8, 4) is 0 Å². The second-order valence-corrected chi connectivity index (χ2v) is 9.42. The number of benzene rings is 2. The van der Waals surface area contributed by atoms with Crippen LogP contribution in [0.5, 0.6) is 0 Å². The third kappa shape index (κ3) is 5.33. The summed E-state index contributed by atoms with van der Waals surface area (Å²) in [5, 5.41) is 5.95. The van der Waals surface area contributed by atoms with Crippen LogP contribution < -0.4 is 10.6 Å². The molecular formula is C20H21ClN2O4S. The Kier molecular flexibility index (Phi) is 6.36. The van der Waals surface area contributed by atoms with E-state index in [0.29, 0.717) is 17.0 Å². The minimum absolute atomic E-state index is 0.00322. The third-order valence-electron chi connectivity index (χ3n) is 4.61. The maximum absolute atomic E-state index is 12.7. The summed E-state index contributed by atoms with van der Waals surface area (Å²) in [5.74, 6) is -0.643. The maximum atomic E-state index is 12.7. The molecular weight excluding hydrogens is 400 g/mol. The van der Waals surface area contributed by atoms with Gasteiger partial charge >= 0.3 is 0 Å². The van der Waals surface area contributed by atoms with E-state index in [1.165, 1.54) is 0 Å². The van der Waals surface area contributed by atoms with E-state index in [-0.39, 0.29) is 35.8 Å². The third-order valence-corrected chi connectivity index (χ3v) is 6.71. The number of halogens is 1. The second kappa shape index (κ2) is 8.75. The number of carbonyl (C=O) groups is 2. The molecule has 148 valence electrons. The Morgan fingerprint density at radius 3 is 2.39 bits per heavy atom. The molecule has 1 heterocycles. The lowest BCUT2D eigenvalue weighted by atomic mass is 10.0. The molecule has 0 aliphatic carbocycles. The van der Waals surface area contributed by atoms with Gasteiger partial charge in [-0.3, -0.25) is 9.59 Å². The van der Waals surface area contributed by atoms with Crippen LogP contribution in [-0.2, 0) is 14.6 Å². The minimum Gasteiger partial charge on any atom is -0.352 e. The van der Waals surface area contributed by atoms with Gasteiger partial charge in [-0.2, -0.15) is 0 Å². The van der Waals surface area contributed by atoms with E-state index in [1.807, 2.05) is 30.3 Å². The highest BCUT2D eigenvalue weighted by Crippen LogP contribution is 2.21. The number of sulfone groups is 1. The minimum atomic E-state index is -3.08. The number of hydrogen-bond donors (Lipinski definition) is 2. The standard InChI is InChI=1S/C20H21ClN2O4S/c21-17-9-5-4-8-16(17)20(25)23-18(14-6-2-1-3-7-14)12-19(24)22-15-10-11-28(26,27)13-15/h1-9,15,18H,10-13H2,(H,22,24)(H,23,25). The summed E-state index contributed by atoms with van der Waals surface area (Å²) < 4.78 is 23.2. The highest BCUT2D eigenvalue weighted by Gasteiger charge is 2.30. The van der Waals surface area contributed by atoms with Crippen LogP contribution in [0.4, 0.5) is 0 Å². The Morgan fingerprint density at radius 2 is 1.75 bits per heavy atom. The second-order valence-electron chi connectivity index (χ2n) is 6.79. The molecule has 0 saturated carbocycles. The highest BCUT2D eigenvalue weighted by molar-refractivity contribution is 7.91. The van der Waals surface area contributed by atoms with Crippen LogP contribution >= 0.6 is 11.6 Å². The average Bonchev–Trinajstić information content (AvgIpc) is 3.00. The summed E-state index contributed by atoms with van der Waals surface area (Å²) in [6.45, 7) is 0. The van der Waals surface area contributed by atoms with E-state index < -0.39 is 15.9 Å². The van der Waals surface area contributed by atoms with E-state index in [1.54, 1.807) is 24.3 Å². The number of amides is 2. The smallest absolute Gasteiger partial charge is 0.253 e. The van der Waals surface area contributed by atoms with Crippen LogP contribution in [0, 0.1) is 0 Å². The highest BCUT2D eigenvalue weighted by atomic mass is 35.5. The van der Waals surface area contributed by atoms with Crippen molar-refractivity contribution in [2.45, 2.75) is 24.9 Å². The van der Waals surface area contributed by atoms with Gasteiger partial charge in [0, 0.05) is 6.04 Å². The summed E-state index contributed by atoms with van der Waals surface area (Å²) >= 11 is 6.10. The van der Waals surface area contributed by atoms with Gasteiger partial charge in [0.1, 0.15) is 0 Å². The first kappa shape index (κ1) is 20.4. The van der Waals surface area contributed by atoms with E-state index in [0.717, 1.165) is 5.56 Å². The molecule has 0 aromatic heterocycles. The molecule has 1 aliphatic heterocycles. The predicted octanol–water partition coefficient (Wildman–Crippen LogP) is 2.50. The molecule has 0 spiro atoms. The molecule has 2 unspecified atom stereocenters. The summed E-state index contributed by atoms with van der Waals surface area (Å²) in [4.78, 5) is 25.1. The van der Waals surface area contributed by atoms with Gasteiger partial charge in [-0.05, 0) is 24.1 Å². The molecule has 6 nitrogen and oxygen atoms in total. The Balaban J connectivity index is 1.72. The predicted molar refractivity (Wildman–Crippen MR) is 108 cm³/mol. The van der Waals surface area contributed by atoms with E-state index in [9.17, 15) is 18.0 Å². The van der Waals surface area contributed by atoms with Crippen LogP contribution in [0.2, 0.25) is 5.02 Å². The summed E-state index contributed by atoms with van der Waals surface area (Å²) in [6, 6.07) is 14.9. The van der Waals surface area contributed by atoms with E-state index in [4.69, 9.17) is 11.6 Å². The monoisotopic (exact) mass is 420 g/mol. The Bertz CT molecular complexity index is 963. The van der Waals surface area contributed by atoms with E-state index >= 15 is 0 Å². The van der Waals surface area contributed by atoms with Crippen LogP contribution in [0.3, 0.4) is 0 Å². The van der Waals surface area contributed by atoms with Gasteiger partial charge in [-0.25, -0.2) is 8.42 Å². The van der Waals surface area contributed by atoms with Crippen molar-refractivity contribution >= 4 is 33.3 Å². The average molecular weight is 421 g/mol. The zero-order chi connectivity index (χ0) is 20.1. The number of carbonyl (C=O) groups excluding carboxylic acids is 2. The van der Waals surface area contributed by atoms with E-state index in [2.05, 4.69) is 10.6 Å². The van der Waals surface area contributed by atoms with Crippen molar-refractivity contribution in [3.63, 3.8) is 0 Å². The van der Waals surface area contributed by atoms with Crippen molar-refractivity contribution in [1.29, 1.82) is 0 Å². The molecule has 2 amide bonds. The Hall–Kier alpha value is -2.38. The molecule has 8 heteroatoms. The number of nitrogens with one attached hydrogen (secondary N) is 2. The fraction of sp³-hybridized carbons (Fsp3) is 0.300. The first-order valence-electron chi connectivity index (χ1n) is 8.94. The van der Waals surface area contributed by atoms with Gasteiger partial charge in [-0.1, -0.05) is 54.1 Å². The molecule has 2 aromatic rings.